The molecule has 0 saturated heterocycles. The Balaban J connectivity index is 2.16. The zero-order valence-electron chi connectivity index (χ0n) is 12.8. The molecule has 0 atom stereocenters. The minimum atomic E-state index is -0.700. The molecule has 6 heteroatoms. The van der Waals surface area contributed by atoms with Gasteiger partial charge in [-0.2, -0.15) is 5.26 Å². The van der Waals surface area contributed by atoms with E-state index < -0.39 is 11.7 Å². The molecule has 2 aromatic carbocycles. The number of nitrogens with zero attached hydrogens (tertiary/aromatic N) is 1. The van der Waals surface area contributed by atoms with Crippen molar-refractivity contribution in [1.82, 2.24) is 0 Å². The molecule has 2 amide bonds. The second-order valence-corrected chi connectivity index (χ2v) is 4.91. The fourth-order valence-electron chi connectivity index (χ4n) is 1.93. The molecule has 0 aliphatic heterocycles. The number of nitriles is 1. The molecule has 0 aliphatic carbocycles. The highest BCUT2D eigenvalue weighted by Gasteiger charge is 2.11. The van der Waals surface area contributed by atoms with Crippen LogP contribution in [-0.2, 0) is 9.59 Å². The van der Waals surface area contributed by atoms with Crippen LogP contribution in [0, 0.1) is 17.1 Å². The van der Waals surface area contributed by atoms with Gasteiger partial charge >= 0.3 is 0 Å². The number of hydrogen-bond donors (Lipinski definition) is 2. The summed E-state index contributed by atoms with van der Waals surface area (Å²) < 4.78 is 13.5. The Kier molecular flexibility index (Phi) is 5.42. The lowest BCUT2D eigenvalue weighted by atomic mass is 10.1. The van der Waals surface area contributed by atoms with E-state index in [2.05, 4.69) is 10.6 Å². The number of halogens is 1. The van der Waals surface area contributed by atoms with E-state index in [0.717, 1.165) is 0 Å². The molecule has 24 heavy (non-hydrogen) atoms. The normalized spacial score (nSPS) is 10.6. The number of anilines is 2. The largest absolute Gasteiger partial charge is 0.326 e. The van der Waals surface area contributed by atoms with Crippen molar-refractivity contribution in [3.63, 3.8) is 0 Å². The Hall–Kier alpha value is -3.46. The molecule has 0 heterocycles. The molecule has 0 saturated carbocycles. The summed E-state index contributed by atoms with van der Waals surface area (Å²) in [7, 11) is 0. The average Bonchev–Trinajstić information content (AvgIpc) is 2.55. The van der Waals surface area contributed by atoms with Crippen LogP contribution in [0.3, 0.4) is 0 Å². The fourth-order valence-corrected chi connectivity index (χ4v) is 1.93. The first-order valence-electron chi connectivity index (χ1n) is 7.05. The molecule has 0 aliphatic rings. The van der Waals surface area contributed by atoms with Crippen LogP contribution in [0.5, 0.6) is 0 Å². The highest BCUT2D eigenvalue weighted by molar-refractivity contribution is 6.09. The van der Waals surface area contributed by atoms with Crippen molar-refractivity contribution >= 4 is 29.3 Å². The van der Waals surface area contributed by atoms with Crippen molar-refractivity contribution in [3.8, 4) is 6.07 Å². The molecular weight excluding hydrogens is 309 g/mol. The van der Waals surface area contributed by atoms with E-state index in [1.54, 1.807) is 36.4 Å². The molecule has 0 fully saturated rings. The monoisotopic (exact) mass is 323 g/mol. The van der Waals surface area contributed by atoms with Crippen LogP contribution in [0.2, 0.25) is 0 Å². The van der Waals surface area contributed by atoms with Crippen LogP contribution < -0.4 is 10.6 Å². The van der Waals surface area contributed by atoms with Gasteiger partial charge in [-0.15, -0.1) is 0 Å². The third-order valence-corrected chi connectivity index (χ3v) is 3.03. The summed E-state index contributed by atoms with van der Waals surface area (Å²) in [5.41, 5.74) is 1.05. The third-order valence-electron chi connectivity index (χ3n) is 3.03. The van der Waals surface area contributed by atoms with Crippen molar-refractivity contribution in [2.45, 2.75) is 6.92 Å². The second-order valence-electron chi connectivity index (χ2n) is 4.91. The Morgan fingerprint density at radius 2 is 1.75 bits per heavy atom. The van der Waals surface area contributed by atoms with Gasteiger partial charge in [0.15, 0.2) is 0 Å². The Morgan fingerprint density at radius 3 is 2.33 bits per heavy atom. The van der Waals surface area contributed by atoms with Gasteiger partial charge in [-0.25, -0.2) is 4.39 Å². The van der Waals surface area contributed by atoms with Crippen molar-refractivity contribution in [2.24, 2.45) is 0 Å². The molecule has 2 rings (SSSR count). The van der Waals surface area contributed by atoms with Crippen molar-refractivity contribution < 1.29 is 14.0 Å². The predicted octanol–water partition coefficient (Wildman–Crippen LogP) is 3.33. The van der Waals surface area contributed by atoms with Crippen molar-refractivity contribution in [2.75, 3.05) is 10.6 Å². The lowest BCUT2D eigenvalue weighted by Gasteiger charge is -2.05. The average molecular weight is 323 g/mol. The number of carbonyl (C=O) groups excluding carboxylic acids is 2. The first kappa shape index (κ1) is 16.9. The maximum absolute atomic E-state index is 13.5. The quantitative estimate of drug-likeness (QED) is 0.669. The standard InChI is InChI=1S/C18H14FN3O2/c1-12(23)21-15-8-6-13(7-9-15)10-14(11-20)18(24)22-17-5-3-2-4-16(17)19/h2-10H,1H3,(H,21,23)(H,22,24)/b14-10+. The molecular formula is C18H14FN3O2. The molecule has 120 valence electrons. The van der Waals surface area contributed by atoms with E-state index in [-0.39, 0.29) is 17.2 Å². The summed E-state index contributed by atoms with van der Waals surface area (Å²) in [4.78, 5) is 23.1. The Morgan fingerprint density at radius 1 is 1.08 bits per heavy atom. The number of rotatable bonds is 4. The molecule has 0 bridgehead atoms. The molecule has 0 spiro atoms. The van der Waals surface area contributed by atoms with Gasteiger partial charge in [-0.1, -0.05) is 24.3 Å². The van der Waals surface area contributed by atoms with E-state index >= 15 is 0 Å². The third kappa shape index (κ3) is 4.52. The fraction of sp³-hybridized carbons (Fsp3) is 0.0556. The van der Waals surface area contributed by atoms with Gasteiger partial charge in [0, 0.05) is 12.6 Å². The first-order chi connectivity index (χ1) is 11.5. The molecule has 0 aromatic heterocycles. The minimum Gasteiger partial charge on any atom is -0.326 e. The summed E-state index contributed by atoms with van der Waals surface area (Å²) in [6.07, 6.45) is 1.38. The maximum Gasteiger partial charge on any atom is 0.266 e. The Labute approximate surface area is 138 Å². The number of benzene rings is 2. The van der Waals surface area contributed by atoms with Gasteiger partial charge in [0.25, 0.3) is 5.91 Å². The summed E-state index contributed by atoms with van der Waals surface area (Å²) in [6.45, 7) is 1.40. The van der Waals surface area contributed by atoms with Crippen LogP contribution in [0.4, 0.5) is 15.8 Å². The van der Waals surface area contributed by atoms with Crippen molar-refractivity contribution in [1.29, 1.82) is 5.26 Å². The van der Waals surface area contributed by atoms with E-state index in [1.165, 1.54) is 31.2 Å². The zero-order valence-corrected chi connectivity index (χ0v) is 12.8. The minimum absolute atomic E-state index is 0.00431. The van der Waals surface area contributed by atoms with E-state index in [9.17, 15) is 14.0 Å². The predicted molar refractivity (Wildman–Crippen MR) is 89.4 cm³/mol. The van der Waals surface area contributed by atoms with Gasteiger partial charge in [-0.05, 0) is 35.9 Å². The zero-order chi connectivity index (χ0) is 17.5. The van der Waals surface area contributed by atoms with Gasteiger partial charge < -0.3 is 10.6 Å². The van der Waals surface area contributed by atoms with Crippen LogP contribution in [0.25, 0.3) is 6.08 Å². The number of amides is 2. The summed E-state index contributed by atoms with van der Waals surface area (Å²) in [5.74, 6) is -1.48. The van der Waals surface area contributed by atoms with Gasteiger partial charge in [-0.3, -0.25) is 9.59 Å². The maximum atomic E-state index is 13.5. The molecule has 2 aromatic rings. The van der Waals surface area contributed by atoms with Gasteiger partial charge in [0.1, 0.15) is 17.5 Å². The number of para-hydroxylation sites is 1. The van der Waals surface area contributed by atoms with Crippen molar-refractivity contribution in [3.05, 3.63) is 65.5 Å². The molecule has 2 N–H and O–H groups in total. The highest BCUT2D eigenvalue weighted by atomic mass is 19.1. The molecule has 0 unspecified atom stereocenters. The highest BCUT2D eigenvalue weighted by Crippen LogP contribution is 2.16. The van der Waals surface area contributed by atoms with Crippen LogP contribution in [-0.4, -0.2) is 11.8 Å². The lowest BCUT2D eigenvalue weighted by molar-refractivity contribution is -0.114. The smallest absolute Gasteiger partial charge is 0.266 e. The lowest BCUT2D eigenvalue weighted by Crippen LogP contribution is -2.14. The van der Waals surface area contributed by atoms with E-state index in [0.29, 0.717) is 11.3 Å². The van der Waals surface area contributed by atoms with Crippen LogP contribution >= 0.6 is 0 Å². The number of nitrogens with one attached hydrogen (secondary N) is 2. The first-order valence-corrected chi connectivity index (χ1v) is 7.05. The van der Waals surface area contributed by atoms with E-state index in [1.807, 2.05) is 0 Å². The Bertz CT molecular complexity index is 836. The second kappa shape index (κ2) is 7.70. The number of carbonyl (C=O) groups is 2. The number of hydrogen-bond acceptors (Lipinski definition) is 3. The molecule has 5 nitrogen and oxygen atoms in total. The van der Waals surface area contributed by atoms with E-state index in [4.69, 9.17) is 5.26 Å². The van der Waals surface area contributed by atoms with Gasteiger partial charge in [0.05, 0.1) is 5.69 Å². The summed E-state index contributed by atoms with van der Waals surface area (Å²) >= 11 is 0. The van der Waals surface area contributed by atoms with Crippen LogP contribution in [0.15, 0.2) is 54.1 Å². The SMILES string of the molecule is CC(=O)Nc1ccc(/C=C(\C#N)C(=O)Nc2ccccc2F)cc1. The topological polar surface area (TPSA) is 82.0 Å². The summed E-state index contributed by atoms with van der Waals surface area (Å²) in [5, 5.41) is 14.1. The summed E-state index contributed by atoms with van der Waals surface area (Å²) in [6, 6.07) is 14.1. The van der Waals surface area contributed by atoms with Gasteiger partial charge in [0.2, 0.25) is 5.91 Å². The molecule has 0 radical (unpaired) electrons. The van der Waals surface area contributed by atoms with Crippen LogP contribution in [0.1, 0.15) is 12.5 Å².